The van der Waals surface area contributed by atoms with Crippen LogP contribution in [0.2, 0.25) is 0 Å². The topological polar surface area (TPSA) is 12.0 Å². The van der Waals surface area contributed by atoms with Crippen molar-refractivity contribution < 1.29 is 0 Å². The Labute approximate surface area is 103 Å². The molecule has 1 aliphatic carbocycles. The summed E-state index contributed by atoms with van der Waals surface area (Å²) < 4.78 is 0. The summed E-state index contributed by atoms with van der Waals surface area (Å²) in [6.07, 6.45) is 6.78. The molecule has 1 aromatic heterocycles. The zero-order chi connectivity index (χ0) is 11.4. The normalized spacial score (nSPS) is 25.9. The lowest BCUT2D eigenvalue weighted by atomic mass is 9.86. The third-order valence-electron chi connectivity index (χ3n) is 3.85. The molecule has 1 aromatic rings. The van der Waals surface area contributed by atoms with Crippen molar-refractivity contribution in [1.29, 1.82) is 0 Å². The van der Waals surface area contributed by atoms with E-state index in [0.717, 1.165) is 18.5 Å². The lowest BCUT2D eigenvalue weighted by molar-refractivity contribution is 0.280. The number of aryl methyl sites for hydroxylation is 1. The first-order valence-electron chi connectivity index (χ1n) is 6.60. The second-order valence-corrected chi connectivity index (χ2v) is 5.97. The Bertz CT molecular complexity index is 318. The fourth-order valence-electron chi connectivity index (χ4n) is 2.68. The van der Waals surface area contributed by atoms with E-state index < -0.39 is 0 Å². The van der Waals surface area contributed by atoms with Crippen molar-refractivity contribution >= 4 is 11.3 Å². The summed E-state index contributed by atoms with van der Waals surface area (Å²) in [4.78, 5) is 1.54. The monoisotopic (exact) mass is 237 g/mol. The quantitative estimate of drug-likeness (QED) is 0.835. The summed E-state index contributed by atoms with van der Waals surface area (Å²) >= 11 is 1.90. The Hall–Kier alpha value is -0.340. The molecule has 1 N–H and O–H groups in total. The van der Waals surface area contributed by atoms with Crippen molar-refractivity contribution in [2.75, 3.05) is 0 Å². The summed E-state index contributed by atoms with van der Waals surface area (Å²) in [5.74, 6) is 0.860. The van der Waals surface area contributed by atoms with Crippen LogP contribution >= 0.6 is 11.3 Å². The van der Waals surface area contributed by atoms with Gasteiger partial charge in [-0.2, -0.15) is 0 Å². The molecule has 16 heavy (non-hydrogen) atoms. The molecule has 0 spiro atoms. The number of nitrogens with one attached hydrogen (secondary N) is 1. The third-order valence-corrected chi connectivity index (χ3v) is 4.82. The number of thiophene rings is 1. The van der Waals surface area contributed by atoms with E-state index in [9.17, 15) is 0 Å². The van der Waals surface area contributed by atoms with E-state index in [0.29, 0.717) is 0 Å². The number of rotatable bonds is 4. The minimum atomic E-state index is 0.751. The van der Waals surface area contributed by atoms with Crippen LogP contribution in [0.25, 0.3) is 0 Å². The lowest BCUT2D eigenvalue weighted by Gasteiger charge is -2.29. The Balaban J connectivity index is 1.86. The highest BCUT2D eigenvalue weighted by molar-refractivity contribution is 7.10. The van der Waals surface area contributed by atoms with Gasteiger partial charge in [-0.15, -0.1) is 11.3 Å². The van der Waals surface area contributed by atoms with Crippen LogP contribution in [0.3, 0.4) is 0 Å². The zero-order valence-electron chi connectivity index (χ0n) is 10.5. The fourth-order valence-corrected chi connectivity index (χ4v) is 3.61. The molecule has 2 unspecified atom stereocenters. The Morgan fingerprint density at radius 3 is 2.94 bits per heavy atom. The molecule has 2 atom stereocenters. The fraction of sp³-hybridized carbons (Fsp3) is 0.714. The molecule has 0 saturated heterocycles. The molecule has 0 bridgehead atoms. The molecular formula is C14H23NS. The average Bonchev–Trinajstić information content (AvgIpc) is 2.75. The van der Waals surface area contributed by atoms with Gasteiger partial charge in [0.15, 0.2) is 0 Å². The Kier molecular flexibility index (Phi) is 4.42. The molecule has 0 amide bonds. The molecule has 0 aromatic carbocycles. The van der Waals surface area contributed by atoms with Gasteiger partial charge < -0.3 is 5.32 Å². The smallest absolute Gasteiger partial charge is 0.0305 e. The van der Waals surface area contributed by atoms with Crippen molar-refractivity contribution in [3.05, 3.63) is 21.9 Å². The lowest BCUT2D eigenvalue weighted by Crippen LogP contribution is -2.36. The Morgan fingerprint density at radius 2 is 2.19 bits per heavy atom. The highest BCUT2D eigenvalue weighted by Crippen LogP contribution is 2.25. The van der Waals surface area contributed by atoms with Crippen LogP contribution in [0.1, 0.15) is 50.0 Å². The van der Waals surface area contributed by atoms with Crippen molar-refractivity contribution in [3.63, 3.8) is 0 Å². The van der Waals surface area contributed by atoms with Crippen LogP contribution in [-0.2, 0) is 13.0 Å². The minimum absolute atomic E-state index is 0.751. The van der Waals surface area contributed by atoms with Crippen LogP contribution in [0, 0.1) is 5.92 Å². The molecule has 0 aliphatic heterocycles. The van der Waals surface area contributed by atoms with Gasteiger partial charge in [0.2, 0.25) is 0 Å². The van der Waals surface area contributed by atoms with Gasteiger partial charge in [-0.1, -0.05) is 26.7 Å². The summed E-state index contributed by atoms with van der Waals surface area (Å²) in [5, 5.41) is 5.98. The molecule has 1 heterocycles. The maximum Gasteiger partial charge on any atom is 0.0305 e. The van der Waals surface area contributed by atoms with Crippen molar-refractivity contribution in [3.8, 4) is 0 Å². The largest absolute Gasteiger partial charge is 0.309 e. The minimum Gasteiger partial charge on any atom is -0.309 e. The van der Waals surface area contributed by atoms with Crippen LogP contribution in [0.4, 0.5) is 0 Å². The Morgan fingerprint density at radius 1 is 1.38 bits per heavy atom. The SMILES string of the molecule is CCc1ccsc1CNC1CCCCC1C. The van der Waals surface area contributed by atoms with Crippen LogP contribution < -0.4 is 5.32 Å². The maximum atomic E-state index is 3.76. The van der Waals surface area contributed by atoms with E-state index in [4.69, 9.17) is 0 Å². The van der Waals surface area contributed by atoms with Gasteiger partial charge in [-0.3, -0.25) is 0 Å². The average molecular weight is 237 g/mol. The highest BCUT2D eigenvalue weighted by Gasteiger charge is 2.20. The van der Waals surface area contributed by atoms with E-state index in [1.54, 1.807) is 4.88 Å². The van der Waals surface area contributed by atoms with E-state index in [1.807, 2.05) is 11.3 Å². The summed E-state index contributed by atoms with van der Waals surface area (Å²) in [7, 11) is 0. The first-order chi connectivity index (χ1) is 7.81. The molecule has 90 valence electrons. The van der Waals surface area contributed by atoms with E-state index >= 15 is 0 Å². The molecule has 1 nitrogen and oxygen atoms in total. The molecule has 1 saturated carbocycles. The maximum absolute atomic E-state index is 3.76. The van der Waals surface area contributed by atoms with Crippen molar-refractivity contribution in [2.24, 2.45) is 5.92 Å². The second-order valence-electron chi connectivity index (χ2n) is 4.97. The van der Waals surface area contributed by atoms with Gasteiger partial charge in [-0.05, 0) is 42.2 Å². The van der Waals surface area contributed by atoms with Gasteiger partial charge in [0, 0.05) is 17.5 Å². The van der Waals surface area contributed by atoms with Gasteiger partial charge in [0.05, 0.1) is 0 Å². The summed E-state index contributed by atoms with van der Waals surface area (Å²) in [6, 6.07) is 3.02. The molecule has 2 rings (SSSR count). The predicted molar refractivity (Wildman–Crippen MR) is 72.0 cm³/mol. The van der Waals surface area contributed by atoms with Crippen LogP contribution in [-0.4, -0.2) is 6.04 Å². The van der Waals surface area contributed by atoms with Crippen molar-refractivity contribution in [1.82, 2.24) is 5.32 Å². The number of hydrogen-bond donors (Lipinski definition) is 1. The zero-order valence-corrected chi connectivity index (χ0v) is 11.3. The first kappa shape index (κ1) is 12.1. The van der Waals surface area contributed by atoms with Gasteiger partial charge in [0.25, 0.3) is 0 Å². The van der Waals surface area contributed by atoms with E-state index in [2.05, 4.69) is 30.6 Å². The van der Waals surface area contributed by atoms with Gasteiger partial charge in [0.1, 0.15) is 0 Å². The molecule has 1 aliphatic rings. The van der Waals surface area contributed by atoms with Gasteiger partial charge >= 0.3 is 0 Å². The molecule has 0 radical (unpaired) electrons. The second kappa shape index (κ2) is 5.83. The predicted octanol–water partition coefficient (Wildman–Crippen LogP) is 3.98. The van der Waals surface area contributed by atoms with E-state index in [-0.39, 0.29) is 0 Å². The molecular weight excluding hydrogens is 214 g/mol. The first-order valence-corrected chi connectivity index (χ1v) is 7.48. The van der Waals surface area contributed by atoms with Gasteiger partial charge in [-0.25, -0.2) is 0 Å². The standard InChI is InChI=1S/C14H23NS/c1-3-12-8-9-16-14(12)10-15-13-7-5-4-6-11(13)2/h8-9,11,13,15H,3-7,10H2,1-2H3. The molecule has 2 heteroatoms. The van der Waals surface area contributed by atoms with Crippen LogP contribution in [0.5, 0.6) is 0 Å². The summed E-state index contributed by atoms with van der Waals surface area (Å²) in [5.41, 5.74) is 1.53. The number of hydrogen-bond acceptors (Lipinski definition) is 2. The third kappa shape index (κ3) is 2.86. The summed E-state index contributed by atoms with van der Waals surface area (Å²) in [6.45, 7) is 5.72. The molecule has 1 fully saturated rings. The highest BCUT2D eigenvalue weighted by atomic mass is 32.1. The van der Waals surface area contributed by atoms with Crippen LogP contribution in [0.15, 0.2) is 11.4 Å². The van der Waals surface area contributed by atoms with E-state index in [1.165, 1.54) is 37.7 Å². The van der Waals surface area contributed by atoms with Crippen molar-refractivity contribution in [2.45, 2.75) is 58.5 Å².